The molecule has 10 rings (SSSR count). The summed E-state index contributed by atoms with van der Waals surface area (Å²) in [5.41, 5.74) is 6.77. The Labute approximate surface area is 429 Å². The number of Topliss-reactive ketones (excluding diaryl/α,β-unsaturated/α-hetero) is 2. The number of nitrogens with zero attached hydrogens (tertiary/aromatic N) is 4. The van der Waals surface area contributed by atoms with Gasteiger partial charge in [0.15, 0.2) is 11.6 Å². The van der Waals surface area contributed by atoms with E-state index < -0.39 is 11.3 Å². The average Bonchev–Trinajstić information content (AvgIpc) is 3.83. The molecule has 0 amide bonds. The number of para-hydroxylation sites is 1. The molecule has 360 valence electrons. The number of imidazole rings is 2. The van der Waals surface area contributed by atoms with Crippen LogP contribution in [0.5, 0.6) is 11.5 Å². The van der Waals surface area contributed by atoms with E-state index in [2.05, 4.69) is 65.9 Å². The summed E-state index contributed by atoms with van der Waals surface area (Å²) in [6, 6.07) is 40.6. The molecule has 0 bridgehead atoms. The highest BCUT2D eigenvalue weighted by atomic mass is 127. The van der Waals surface area contributed by atoms with Crippen molar-refractivity contribution in [2.75, 3.05) is 24.4 Å². The van der Waals surface area contributed by atoms with Crippen molar-refractivity contribution in [2.45, 2.75) is 48.2 Å². The minimum atomic E-state index is -0.632. The van der Waals surface area contributed by atoms with Gasteiger partial charge in [-0.25, -0.2) is 19.6 Å². The van der Waals surface area contributed by atoms with Gasteiger partial charge in [-0.1, -0.05) is 59.8 Å². The third kappa shape index (κ3) is 10.6. The number of aryl methyl sites for hydroxylation is 2. The van der Waals surface area contributed by atoms with E-state index in [1.807, 2.05) is 114 Å². The number of carbonyl (C=O) groups is 2. The zero-order valence-electron chi connectivity index (χ0n) is 38.6. The Kier molecular flexibility index (Phi) is 14.9. The molecule has 0 radical (unpaired) electrons. The van der Waals surface area contributed by atoms with Crippen molar-refractivity contribution in [3.63, 3.8) is 0 Å². The third-order valence-corrected chi connectivity index (χ3v) is 12.9. The molecule has 16 heteroatoms. The summed E-state index contributed by atoms with van der Waals surface area (Å²) in [4.78, 5) is 58.7. The van der Waals surface area contributed by atoms with Gasteiger partial charge in [-0.15, -0.1) is 0 Å². The first-order valence-corrected chi connectivity index (χ1v) is 23.9. The summed E-state index contributed by atoms with van der Waals surface area (Å²) < 4.78 is 28.4. The van der Waals surface area contributed by atoms with Crippen LogP contribution in [-0.4, -0.2) is 44.4 Å². The fourth-order valence-corrected chi connectivity index (χ4v) is 9.42. The zero-order chi connectivity index (χ0) is 49.2. The monoisotopic (exact) mass is 1130 g/mol. The Morgan fingerprint density at radius 2 is 1.23 bits per heavy atom. The maximum absolute atomic E-state index is 12.5. The number of aromatic nitrogens is 4. The molecule has 0 unspecified atom stereocenters. The highest BCUT2D eigenvalue weighted by Crippen LogP contribution is 2.32. The summed E-state index contributed by atoms with van der Waals surface area (Å²) in [6.45, 7) is 7.73. The van der Waals surface area contributed by atoms with Crippen LogP contribution in [0.15, 0.2) is 150 Å². The second-order valence-corrected chi connectivity index (χ2v) is 18.6. The molecule has 10 aromatic rings. The van der Waals surface area contributed by atoms with E-state index >= 15 is 0 Å². The van der Waals surface area contributed by atoms with Gasteiger partial charge < -0.3 is 38.1 Å². The van der Waals surface area contributed by atoms with Crippen molar-refractivity contribution in [3.8, 4) is 11.5 Å². The second kappa shape index (κ2) is 21.2. The maximum Gasteiger partial charge on any atom is 0.347 e. The lowest BCUT2D eigenvalue weighted by atomic mass is 10.0. The van der Waals surface area contributed by atoms with E-state index in [-0.39, 0.29) is 30.1 Å². The summed E-state index contributed by atoms with van der Waals surface area (Å²) in [6.07, 6.45) is 0. The molecular formula is C55H48BrIN6O8. The van der Waals surface area contributed by atoms with Crippen molar-refractivity contribution in [2.24, 2.45) is 0 Å². The molecule has 0 aliphatic heterocycles. The molecule has 4 heterocycles. The molecular weight excluding hydrogens is 1080 g/mol. The Bertz CT molecular complexity index is 3770. The minimum absolute atomic E-state index is 0. The van der Waals surface area contributed by atoms with E-state index in [4.69, 9.17) is 28.3 Å². The largest absolute Gasteiger partial charge is 0.497 e. The Hall–Kier alpha value is -7.57. The van der Waals surface area contributed by atoms with Crippen molar-refractivity contribution in [1.29, 1.82) is 0 Å². The number of carbonyl (C=O) groups excluding carboxylic acids is 2. The normalized spacial score (nSPS) is 11.0. The number of fused-ring (bicyclic) bond motifs is 4. The summed E-state index contributed by atoms with van der Waals surface area (Å²) in [5.74, 6) is 2.18. The van der Waals surface area contributed by atoms with Gasteiger partial charge >= 0.3 is 11.3 Å². The fraction of sp³-hybridized carbons (Fsp3) is 0.164. The smallest absolute Gasteiger partial charge is 0.347 e. The number of ketones is 2. The number of rotatable bonds is 13. The summed E-state index contributed by atoms with van der Waals surface area (Å²) in [5, 5.41) is 8.16. The molecule has 0 saturated heterocycles. The lowest BCUT2D eigenvalue weighted by Gasteiger charge is -2.12. The van der Waals surface area contributed by atoms with Gasteiger partial charge in [0.05, 0.1) is 42.3 Å². The first kappa shape index (κ1) is 49.8. The molecule has 0 atom stereocenters. The molecule has 14 nitrogen and oxygen atoms in total. The molecule has 0 aliphatic rings. The van der Waals surface area contributed by atoms with Gasteiger partial charge in [0.1, 0.15) is 40.4 Å². The molecule has 0 spiro atoms. The molecule has 0 aliphatic carbocycles. The Balaban J connectivity index is 0.000000188. The topological polar surface area (TPSA) is 173 Å². The van der Waals surface area contributed by atoms with Crippen molar-refractivity contribution >= 4 is 117 Å². The predicted octanol–water partition coefficient (Wildman–Crippen LogP) is 12.9. The highest BCUT2D eigenvalue weighted by molar-refractivity contribution is 14.1. The van der Waals surface area contributed by atoms with Gasteiger partial charge in [-0.2, -0.15) is 0 Å². The fourth-order valence-electron chi connectivity index (χ4n) is 8.42. The minimum Gasteiger partial charge on any atom is -0.497 e. The van der Waals surface area contributed by atoms with Crippen LogP contribution in [0.25, 0.3) is 44.0 Å². The Morgan fingerprint density at radius 1 is 0.662 bits per heavy atom. The molecule has 71 heavy (non-hydrogen) atoms. The van der Waals surface area contributed by atoms with Crippen LogP contribution >= 0.6 is 38.5 Å². The lowest BCUT2D eigenvalue weighted by molar-refractivity contribution is 0.100. The molecule has 6 aromatic carbocycles. The number of hydrogen-bond acceptors (Lipinski definition) is 12. The van der Waals surface area contributed by atoms with Crippen molar-refractivity contribution in [1.82, 2.24) is 19.1 Å². The van der Waals surface area contributed by atoms with E-state index in [1.165, 1.54) is 13.8 Å². The quantitative estimate of drug-likeness (QED) is 0.0637. The second-order valence-electron chi connectivity index (χ2n) is 16.5. The molecule has 2 N–H and O–H groups in total. The predicted molar refractivity (Wildman–Crippen MR) is 292 cm³/mol. The standard InChI is InChI=1S/C27H22BrN3O4.C27H22IN3O4.CH4/c1-16-21-14-22-23(15-24(21)35-26(33)25(16)17(2)32)31(11-12-34-20-9-4-3-5-10-20)27(30-22)29-19-8-6-7-18(28)13-19;1-15-21-12-22-23(13-24(21)35-26(33)25(15)16(2)32)31(14-17-5-4-6-18(28)11-17)27(30-22)29-19-7-9-20(34-3)10-8-19;/h3-10,13-15H,11-12H2,1-2H3,(H,29,30);4-13H,14H2,1-3H3,(H,29,30);1H4. The first-order valence-electron chi connectivity index (χ1n) is 22.1. The van der Waals surface area contributed by atoms with Gasteiger partial charge in [-0.05, 0) is 146 Å². The van der Waals surface area contributed by atoms with Gasteiger partial charge in [0, 0.05) is 42.3 Å². The number of benzene rings is 6. The van der Waals surface area contributed by atoms with Crippen LogP contribution in [0.1, 0.15) is 58.7 Å². The summed E-state index contributed by atoms with van der Waals surface area (Å²) >= 11 is 5.80. The lowest BCUT2D eigenvalue weighted by Crippen LogP contribution is -2.14. The number of ether oxygens (including phenoxy) is 2. The molecule has 4 aromatic heterocycles. The van der Waals surface area contributed by atoms with Gasteiger partial charge in [0.2, 0.25) is 11.9 Å². The van der Waals surface area contributed by atoms with Crippen LogP contribution in [0.3, 0.4) is 0 Å². The maximum atomic E-state index is 12.5. The summed E-state index contributed by atoms with van der Waals surface area (Å²) in [7, 11) is 1.63. The van der Waals surface area contributed by atoms with Crippen LogP contribution in [0.2, 0.25) is 0 Å². The van der Waals surface area contributed by atoms with Crippen LogP contribution in [0, 0.1) is 17.4 Å². The first-order chi connectivity index (χ1) is 33.7. The van der Waals surface area contributed by atoms with E-state index in [1.54, 1.807) is 27.0 Å². The number of nitrogens with one attached hydrogen (secondary N) is 2. The molecule has 0 saturated carbocycles. The van der Waals surface area contributed by atoms with Crippen LogP contribution < -0.4 is 31.4 Å². The van der Waals surface area contributed by atoms with E-state index in [0.717, 1.165) is 53.0 Å². The number of methoxy groups -OCH3 is 1. The number of hydrogen-bond donors (Lipinski definition) is 2. The molecule has 0 fully saturated rings. The third-order valence-electron chi connectivity index (χ3n) is 11.8. The van der Waals surface area contributed by atoms with E-state index in [0.29, 0.717) is 70.2 Å². The van der Waals surface area contributed by atoms with Gasteiger partial charge in [-0.3, -0.25) is 9.59 Å². The van der Waals surface area contributed by atoms with Crippen LogP contribution in [0.4, 0.5) is 23.3 Å². The highest BCUT2D eigenvalue weighted by Gasteiger charge is 2.21. The average molecular weight is 1130 g/mol. The van der Waals surface area contributed by atoms with Crippen molar-refractivity contribution in [3.05, 3.63) is 184 Å². The van der Waals surface area contributed by atoms with Gasteiger partial charge in [0.25, 0.3) is 0 Å². The Morgan fingerprint density at radius 3 is 1.79 bits per heavy atom. The number of anilines is 4. The number of halogens is 2. The van der Waals surface area contributed by atoms with E-state index in [9.17, 15) is 19.2 Å². The van der Waals surface area contributed by atoms with Crippen molar-refractivity contribution < 1.29 is 27.9 Å². The SMILES string of the molecule is C.CC(=O)c1c(C)c2cc3nc(Nc4cccc(Br)c4)n(CCOc4ccccc4)c3cc2oc1=O.COc1ccc(Nc2nc3cc4c(C)c(C(C)=O)c(=O)oc4cc3n2Cc2cccc(I)c2)cc1. The van der Waals surface area contributed by atoms with Crippen LogP contribution in [-0.2, 0) is 13.1 Å². The zero-order valence-corrected chi connectivity index (χ0v) is 42.3.